The smallest absolute Gasteiger partial charge is 0.144 e. The first-order valence-corrected chi connectivity index (χ1v) is 8.92. The Morgan fingerprint density at radius 2 is 2.00 bits per heavy atom. The van der Waals surface area contributed by atoms with Crippen LogP contribution in [0.2, 0.25) is 5.02 Å². The summed E-state index contributed by atoms with van der Waals surface area (Å²) < 4.78 is 6.56. The summed E-state index contributed by atoms with van der Waals surface area (Å²) in [4.78, 5) is 11.5. The molecule has 2 aliphatic rings. The highest BCUT2D eigenvalue weighted by atomic mass is 79.9. The molecular formula is C18H15BrClNO2. The van der Waals surface area contributed by atoms with Crippen LogP contribution >= 0.6 is 27.5 Å². The van der Waals surface area contributed by atoms with E-state index in [2.05, 4.69) is 33.2 Å². The van der Waals surface area contributed by atoms with E-state index in [-0.39, 0.29) is 0 Å². The molecule has 1 aliphatic heterocycles. The largest absolute Gasteiger partial charge is 0.491 e. The topological polar surface area (TPSA) is 38.7 Å². The number of fused-ring (bicyclic) bond motifs is 1. The fourth-order valence-electron chi connectivity index (χ4n) is 3.16. The van der Waals surface area contributed by atoms with Crippen molar-refractivity contribution in [1.82, 2.24) is 0 Å². The summed E-state index contributed by atoms with van der Waals surface area (Å²) in [6.45, 7) is 0.617. The van der Waals surface area contributed by atoms with Gasteiger partial charge in [-0.1, -0.05) is 57.0 Å². The van der Waals surface area contributed by atoms with Crippen molar-refractivity contribution in [2.24, 2.45) is 5.18 Å². The van der Waals surface area contributed by atoms with Gasteiger partial charge in [-0.25, -0.2) is 0 Å². The van der Waals surface area contributed by atoms with Gasteiger partial charge in [-0.15, -0.1) is 4.91 Å². The highest BCUT2D eigenvalue weighted by Gasteiger charge is 2.28. The van der Waals surface area contributed by atoms with E-state index in [1.54, 1.807) is 0 Å². The van der Waals surface area contributed by atoms with E-state index < -0.39 is 6.04 Å². The second-order valence-corrected chi connectivity index (χ2v) is 7.35. The van der Waals surface area contributed by atoms with Crippen molar-refractivity contribution < 1.29 is 4.74 Å². The summed E-state index contributed by atoms with van der Waals surface area (Å²) in [5, 5.41) is 3.83. The maximum absolute atomic E-state index is 11.5. The Hall–Kier alpha value is -1.39. The van der Waals surface area contributed by atoms with Crippen molar-refractivity contribution in [3.8, 4) is 5.75 Å². The molecule has 0 radical (unpaired) electrons. The molecule has 1 saturated carbocycles. The Balaban J connectivity index is 1.75. The molecular weight excluding hydrogens is 378 g/mol. The molecule has 0 bridgehead atoms. The van der Waals surface area contributed by atoms with Gasteiger partial charge in [0.05, 0.1) is 11.6 Å². The van der Waals surface area contributed by atoms with Crippen molar-refractivity contribution >= 4 is 27.5 Å². The predicted octanol–water partition coefficient (Wildman–Crippen LogP) is 5.77. The van der Waals surface area contributed by atoms with E-state index in [9.17, 15) is 4.91 Å². The van der Waals surface area contributed by atoms with Crippen LogP contribution in [-0.2, 0) is 6.42 Å². The number of ether oxygens (including phenoxy) is 1. The van der Waals surface area contributed by atoms with Crippen molar-refractivity contribution in [3.63, 3.8) is 0 Å². The summed E-state index contributed by atoms with van der Waals surface area (Å²) in [5.74, 6) is 1.37. The van der Waals surface area contributed by atoms with Crippen LogP contribution in [0, 0.1) is 4.91 Å². The van der Waals surface area contributed by atoms with Crippen molar-refractivity contribution in [1.29, 1.82) is 0 Å². The zero-order valence-electron chi connectivity index (χ0n) is 12.4. The van der Waals surface area contributed by atoms with Crippen LogP contribution in [0.15, 0.2) is 40.0 Å². The van der Waals surface area contributed by atoms with Crippen molar-refractivity contribution in [3.05, 3.63) is 67.0 Å². The van der Waals surface area contributed by atoms with Crippen LogP contribution in [0.3, 0.4) is 0 Å². The van der Waals surface area contributed by atoms with E-state index in [1.807, 2.05) is 18.2 Å². The number of benzene rings is 2. The summed E-state index contributed by atoms with van der Waals surface area (Å²) in [5.41, 5.74) is 3.94. The number of halogens is 2. The summed E-state index contributed by atoms with van der Waals surface area (Å²) >= 11 is 10.1. The molecule has 1 aliphatic carbocycles. The lowest BCUT2D eigenvalue weighted by Crippen LogP contribution is -2.00. The van der Waals surface area contributed by atoms with Gasteiger partial charge in [0, 0.05) is 22.0 Å². The van der Waals surface area contributed by atoms with Crippen LogP contribution in [0.4, 0.5) is 0 Å². The molecule has 3 nitrogen and oxygen atoms in total. The molecule has 23 heavy (non-hydrogen) atoms. The van der Waals surface area contributed by atoms with E-state index in [4.69, 9.17) is 16.3 Å². The maximum atomic E-state index is 11.5. The van der Waals surface area contributed by atoms with Crippen LogP contribution in [0.5, 0.6) is 5.75 Å². The summed E-state index contributed by atoms with van der Waals surface area (Å²) in [6, 6.07) is 9.43. The quantitative estimate of drug-likeness (QED) is 0.619. The SMILES string of the molecule is O=NC(c1ccc(C2CC2)cc1)c1cc(Br)c2c(c1Cl)OCC2. The molecule has 1 heterocycles. The minimum absolute atomic E-state index is 0.497. The van der Waals surface area contributed by atoms with Gasteiger partial charge in [0.2, 0.25) is 0 Å². The minimum Gasteiger partial charge on any atom is -0.491 e. The van der Waals surface area contributed by atoms with Gasteiger partial charge in [-0.2, -0.15) is 0 Å². The molecule has 2 aromatic carbocycles. The second kappa shape index (κ2) is 5.91. The Labute approximate surface area is 148 Å². The lowest BCUT2D eigenvalue weighted by Gasteiger charge is -2.15. The van der Waals surface area contributed by atoms with Crippen LogP contribution in [0.1, 0.15) is 47.1 Å². The van der Waals surface area contributed by atoms with E-state index in [0.717, 1.165) is 22.0 Å². The highest BCUT2D eigenvalue weighted by molar-refractivity contribution is 9.10. The number of hydrogen-bond donors (Lipinski definition) is 0. The molecule has 5 heteroatoms. The molecule has 0 amide bonds. The lowest BCUT2D eigenvalue weighted by molar-refractivity contribution is 0.356. The molecule has 118 valence electrons. The zero-order valence-corrected chi connectivity index (χ0v) is 14.7. The van der Waals surface area contributed by atoms with Crippen LogP contribution < -0.4 is 4.74 Å². The first kappa shape index (κ1) is 15.2. The molecule has 0 N–H and O–H groups in total. The monoisotopic (exact) mass is 391 g/mol. The third kappa shape index (κ3) is 2.68. The molecule has 0 spiro atoms. The Morgan fingerprint density at radius 3 is 2.65 bits per heavy atom. The van der Waals surface area contributed by atoms with Crippen LogP contribution in [-0.4, -0.2) is 6.61 Å². The third-order valence-electron chi connectivity index (χ3n) is 4.60. The molecule has 4 rings (SSSR count). The average molecular weight is 393 g/mol. The van der Waals surface area contributed by atoms with Crippen molar-refractivity contribution in [2.45, 2.75) is 31.2 Å². The second-order valence-electron chi connectivity index (χ2n) is 6.12. The van der Waals surface area contributed by atoms with Gasteiger partial charge in [0.25, 0.3) is 0 Å². The van der Waals surface area contributed by atoms with Gasteiger partial charge >= 0.3 is 0 Å². The third-order valence-corrected chi connectivity index (χ3v) is 5.69. The molecule has 2 aromatic rings. The lowest BCUT2D eigenvalue weighted by atomic mass is 9.96. The number of hydrogen-bond acceptors (Lipinski definition) is 3. The predicted molar refractivity (Wildman–Crippen MR) is 94.4 cm³/mol. The van der Waals surface area contributed by atoms with Gasteiger partial charge in [0.1, 0.15) is 11.8 Å². The molecule has 1 fully saturated rings. The van der Waals surface area contributed by atoms with E-state index in [1.165, 1.54) is 18.4 Å². The zero-order chi connectivity index (χ0) is 16.0. The minimum atomic E-state index is -0.624. The van der Waals surface area contributed by atoms with Gasteiger partial charge in [0.15, 0.2) is 0 Å². The first-order valence-electron chi connectivity index (χ1n) is 7.75. The van der Waals surface area contributed by atoms with Gasteiger partial charge < -0.3 is 4.74 Å². The Kier molecular flexibility index (Phi) is 3.90. The number of rotatable bonds is 4. The molecule has 1 atom stereocenters. The Morgan fingerprint density at radius 1 is 1.26 bits per heavy atom. The van der Waals surface area contributed by atoms with Gasteiger partial charge in [-0.3, -0.25) is 0 Å². The highest BCUT2D eigenvalue weighted by Crippen LogP contribution is 2.45. The van der Waals surface area contributed by atoms with Crippen LogP contribution in [0.25, 0.3) is 0 Å². The first-order chi connectivity index (χ1) is 11.2. The standard InChI is InChI=1S/C18H15BrClNO2/c19-15-9-14(16(20)18-13(15)7-8-23-18)17(21-22)12-5-3-11(4-6-12)10-1-2-10/h3-6,9-10,17H,1-2,7-8H2. The number of nitrogens with zero attached hydrogens (tertiary/aromatic N) is 1. The summed E-state index contributed by atoms with van der Waals surface area (Å²) in [6.07, 6.45) is 3.34. The van der Waals surface area contributed by atoms with Gasteiger partial charge in [-0.05, 0) is 36.0 Å². The Bertz CT molecular complexity index is 772. The average Bonchev–Trinajstić information content (AvgIpc) is 3.29. The maximum Gasteiger partial charge on any atom is 0.144 e. The fourth-order valence-corrected chi connectivity index (χ4v) is 4.11. The van der Waals surface area contributed by atoms with E-state index in [0.29, 0.717) is 28.9 Å². The molecule has 1 unspecified atom stereocenters. The fraction of sp³-hybridized carbons (Fsp3) is 0.333. The molecule has 0 saturated heterocycles. The summed E-state index contributed by atoms with van der Waals surface area (Å²) in [7, 11) is 0. The van der Waals surface area contributed by atoms with Crippen molar-refractivity contribution in [2.75, 3.05) is 6.61 Å². The normalized spacial score (nSPS) is 17.5. The molecule has 0 aromatic heterocycles. The number of nitroso groups, excluding NO2 is 1. The van der Waals surface area contributed by atoms with E-state index >= 15 is 0 Å².